The van der Waals surface area contributed by atoms with Gasteiger partial charge in [-0.1, -0.05) is 95.3 Å². The molecule has 0 fully saturated rings. The van der Waals surface area contributed by atoms with E-state index in [-0.39, 0.29) is 5.92 Å². The van der Waals surface area contributed by atoms with E-state index in [1.807, 2.05) is 67.8 Å². The van der Waals surface area contributed by atoms with Crippen molar-refractivity contribution in [2.45, 2.75) is 33.6 Å². The lowest BCUT2D eigenvalue weighted by molar-refractivity contribution is 0.295. The van der Waals surface area contributed by atoms with Crippen molar-refractivity contribution < 1.29 is 18.1 Å². The summed E-state index contributed by atoms with van der Waals surface area (Å²) in [4.78, 5) is 0. The number of benzene rings is 3. The summed E-state index contributed by atoms with van der Waals surface area (Å²) in [5, 5.41) is 2.03. The molecule has 0 aliphatic carbocycles. The van der Waals surface area contributed by atoms with E-state index in [2.05, 4.69) is 13.8 Å². The maximum atomic E-state index is 14.1. The fourth-order valence-electron chi connectivity index (χ4n) is 3.42. The number of rotatable bonds is 8. The first-order chi connectivity index (χ1) is 16.3. The first kappa shape index (κ1) is 24.7. The third-order valence-corrected chi connectivity index (χ3v) is 9.19. The zero-order chi connectivity index (χ0) is 24.3. The van der Waals surface area contributed by atoms with E-state index < -0.39 is 7.82 Å². The summed E-state index contributed by atoms with van der Waals surface area (Å²) in [5.74, 6) is 1.50. The molecule has 0 radical (unpaired) electrons. The van der Waals surface area contributed by atoms with Gasteiger partial charge in [-0.25, -0.2) is 0 Å². The first-order valence-corrected chi connectivity index (χ1v) is 14.9. The van der Waals surface area contributed by atoms with Crippen molar-refractivity contribution >= 4 is 40.7 Å². The highest BCUT2D eigenvalue weighted by molar-refractivity contribution is 7.79. The van der Waals surface area contributed by atoms with Gasteiger partial charge in [0.1, 0.15) is 21.1 Å². The molecule has 1 unspecified atom stereocenters. The average Bonchev–Trinajstić information content (AvgIpc) is 3.23. The van der Waals surface area contributed by atoms with Crippen molar-refractivity contribution in [1.82, 2.24) is 0 Å². The molecule has 1 aromatic heterocycles. The maximum absolute atomic E-state index is 14.1. The summed E-state index contributed by atoms with van der Waals surface area (Å²) in [6.07, 6.45) is 0. The summed E-state index contributed by atoms with van der Waals surface area (Å²) in [6.45, 7) is 7.93. The molecule has 0 bridgehead atoms. The lowest BCUT2D eigenvalue weighted by atomic mass is 10.00. The summed E-state index contributed by atoms with van der Waals surface area (Å²) >= 11 is 5.40. The van der Waals surface area contributed by atoms with Crippen molar-refractivity contribution in [3.05, 3.63) is 92.6 Å². The van der Waals surface area contributed by atoms with Crippen LogP contribution in [0.2, 0.25) is 0 Å². The Kier molecular flexibility index (Phi) is 7.58. The predicted octanol–water partition coefficient (Wildman–Crippen LogP) is 9.59. The second kappa shape index (κ2) is 10.4. The predicted molar refractivity (Wildman–Crippen MR) is 144 cm³/mol. The van der Waals surface area contributed by atoms with Crippen LogP contribution >= 0.6 is 40.7 Å². The highest BCUT2D eigenvalue weighted by Crippen LogP contribution is 2.52. The molecule has 0 aliphatic heterocycles. The molecule has 0 N–H and O–H groups in total. The maximum Gasteiger partial charge on any atom is 0.647 e. The molecular formula is C26H25O4PS3. The highest BCUT2D eigenvalue weighted by Gasteiger charge is 2.35. The quantitative estimate of drug-likeness (QED) is 0.129. The highest BCUT2D eigenvalue weighted by atomic mass is 32.9. The second-order valence-electron chi connectivity index (χ2n) is 8.16. The van der Waals surface area contributed by atoms with Gasteiger partial charge in [0, 0.05) is 10.9 Å². The molecule has 4 nitrogen and oxygen atoms in total. The summed E-state index contributed by atoms with van der Waals surface area (Å²) in [6, 6.07) is 20.5. The van der Waals surface area contributed by atoms with E-state index in [0.29, 0.717) is 17.2 Å². The van der Waals surface area contributed by atoms with Gasteiger partial charge in [0.2, 0.25) is 0 Å². The van der Waals surface area contributed by atoms with Crippen molar-refractivity contribution in [1.29, 1.82) is 0 Å². The van der Waals surface area contributed by atoms with Crippen LogP contribution in [0.1, 0.15) is 36.5 Å². The number of phosphoric acid groups is 1. The molecule has 8 heteroatoms. The molecule has 1 heterocycles. The Balaban J connectivity index is 1.70. The smallest absolute Gasteiger partial charge is 0.386 e. The lowest BCUT2D eigenvalue weighted by Crippen LogP contribution is -2.10. The molecule has 4 rings (SSSR count). The fraction of sp³-hybridized carbons (Fsp3) is 0.192. The van der Waals surface area contributed by atoms with Gasteiger partial charge in [-0.15, -0.1) is 0 Å². The van der Waals surface area contributed by atoms with Crippen molar-refractivity contribution in [3.8, 4) is 28.4 Å². The minimum absolute atomic E-state index is 0.167. The molecule has 1 atom stereocenters. The average molecular weight is 529 g/mol. The third-order valence-electron chi connectivity index (χ3n) is 5.26. The van der Waals surface area contributed by atoms with Crippen molar-refractivity contribution in [3.63, 3.8) is 0 Å². The molecule has 0 amide bonds. The van der Waals surface area contributed by atoms with Gasteiger partial charge in [-0.3, -0.25) is 0 Å². The molecule has 0 aliphatic rings. The van der Waals surface area contributed by atoms with E-state index in [0.717, 1.165) is 31.6 Å². The molecule has 176 valence electrons. The van der Waals surface area contributed by atoms with Crippen LogP contribution in [-0.2, 0) is 4.57 Å². The van der Waals surface area contributed by atoms with E-state index in [4.69, 9.17) is 25.8 Å². The van der Waals surface area contributed by atoms with Gasteiger partial charge in [-0.2, -0.15) is 4.57 Å². The van der Waals surface area contributed by atoms with Gasteiger partial charge in [0.05, 0.1) is 0 Å². The van der Waals surface area contributed by atoms with Crippen LogP contribution in [0.25, 0.3) is 11.1 Å². The van der Waals surface area contributed by atoms with E-state index in [1.54, 1.807) is 38.9 Å². The molecule has 34 heavy (non-hydrogen) atoms. The zero-order valence-corrected chi connectivity index (χ0v) is 22.7. The zero-order valence-electron chi connectivity index (χ0n) is 19.3. The minimum Gasteiger partial charge on any atom is -0.386 e. The largest absolute Gasteiger partial charge is 0.647 e. The van der Waals surface area contributed by atoms with Crippen molar-refractivity contribution in [2.24, 2.45) is 0 Å². The van der Waals surface area contributed by atoms with Crippen LogP contribution in [0.4, 0.5) is 0 Å². The Hall–Kier alpha value is -2.44. The van der Waals surface area contributed by atoms with Crippen LogP contribution in [0.3, 0.4) is 0 Å². The van der Waals surface area contributed by atoms with Gasteiger partial charge in [-0.05, 0) is 60.2 Å². The van der Waals surface area contributed by atoms with Crippen LogP contribution in [0.5, 0.6) is 17.2 Å². The molecular weight excluding hydrogens is 503 g/mol. The minimum atomic E-state index is -4.11. The van der Waals surface area contributed by atoms with E-state index >= 15 is 0 Å². The van der Waals surface area contributed by atoms with E-state index in [9.17, 15) is 4.57 Å². The number of hydrogen-bond acceptors (Lipinski definition) is 7. The monoisotopic (exact) mass is 528 g/mol. The molecule has 0 saturated heterocycles. The number of para-hydroxylation sites is 2. The van der Waals surface area contributed by atoms with Crippen molar-refractivity contribution in [2.75, 3.05) is 0 Å². The molecule has 4 aromatic rings. The van der Waals surface area contributed by atoms with Gasteiger partial charge < -0.3 is 13.6 Å². The Morgan fingerprint density at radius 1 is 0.853 bits per heavy atom. The molecule has 0 spiro atoms. The van der Waals surface area contributed by atoms with Crippen LogP contribution in [0.15, 0.2) is 72.1 Å². The summed E-state index contributed by atoms with van der Waals surface area (Å²) < 4.78 is 32.9. The van der Waals surface area contributed by atoms with Crippen LogP contribution in [-0.4, -0.2) is 0 Å². The Morgan fingerprint density at radius 3 is 2.21 bits per heavy atom. The SMILES string of the molecule is Cc1ccccc1OP(=O)(Oc1ccc(-c2cssc2=S)cc1)Oc1c(C)cccc1C(C)C. The lowest BCUT2D eigenvalue weighted by Gasteiger charge is -2.23. The first-order valence-electron chi connectivity index (χ1n) is 10.8. The third kappa shape index (κ3) is 5.61. The molecule has 0 saturated carbocycles. The second-order valence-corrected chi connectivity index (χ2v) is 12.3. The fourth-order valence-corrected chi connectivity index (χ4v) is 7.23. The summed E-state index contributed by atoms with van der Waals surface area (Å²) in [7, 11) is -0.938. The summed E-state index contributed by atoms with van der Waals surface area (Å²) in [5.41, 5.74) is 4.61. The van der Waals surface area contributed by atoms with Gasteiger partial charge in [0.25, 0.3) is 0 Å². The van der Waals surface area contributed by atoms with Gasteiger partial charge >= 0.3 is 7.82 Å². The Morgan fingerprint density at radius 2 is 1.56 bits per heavy atom. The molecule has 3 aromatic carbocycles. The number of aryl methyl sites for hydroxylation is 2. The van der Waals surface area contributed by atoms with E-state index in [1.165, 1.54) is 0 Å². The van der Waals surface area contributed by atoms with Crippen LogP contribution in [0, 0.1) is 17.7 Å². The van der Waals surface area contributed by atoms with Gasteiger partial charge in [0.15, 0.2) is 0 Å². The number of hydrogen-bond donors (Lipinski definition) is 0. The number of phosphoric ester groups is 1. The normalized spacial score (nSPS) is 12.9. The Bertz CT molecular complexity index is 1390. The van der Waals surface area contributed by atoms with Crippen LogP contribution < -0.4 is 13.6 Å². The standard InChI is InChI=1S/C26H25O4PS3/c1-17(2)22-10-7-9-19(4)25(22)30-31(27,29-24-11-6-5-8-18(24)3)28-21-14-12-20(13-15-21)23-16-33-34-26(23)32/h5-17H,1-4H3. The topological polar surface area (TPSA) is 44.8 Å². The Labute approximate surface area is 212 Å².